The van der Waals surface area contributed by atoms with E-state index in [9.17, 15) is 0 Å². The number of likely N-dealkylation sites (tertiary alicyclic amines) is 1. The Morgan fingerprint density at radius 3 is 2.10 bits per heavy atom. The van der Waals surface area contributed by atoms with Crippen LogP contribution in [0.4, 0.5) is 0 Å². The molecule has 2 saturated heterocycles. The van der Waals surface area contributed by atoms with Gasteiger partial charge in [0.2, 0.25) is 0 Å². The van der Waals surface area contributed by atoms with Gasteiger partial charge in [0, 0.05) is 24.7 Å². The summed E-state index contributed by atoms with van der Waals surface area (Å²) in [5, 5.41) is 0. The number of hydrogen-bond acceptors (Lipinski definition) is 2. The van der Waals surface area contributed by atoms with Crippen molar-refractivity contribution in [1.82, 2.24) is 9.80 Å². The molecule has 0 bridgehead atoms. The number of hydrogen-bond donors (Lipinski definition) is 0. The molecule has 2 rings (SSSR count). The molecule has 2 fully saturated rings. The fourth-order valence-corrected chi connectivity index (χ4v) is 2.19. The van der Waals surface area contributed by atoms with Crippen molar-refractivity contribution in [2.75, 3.05) is 27.2 Å². The molecule has 2 heteroatoms. The summed E-state index contributed by atoms with van der Waals surface area (Å²) in [6, 6.07) is 0.796. The average Bonchev–Trinajstić information content (AvgIpc) is 2.31. The summed E-state index contributed by atoms with van der Waals surface area (Å²) in [6.45, 7) is 4.92. The number of rotatable bonds is 0. The third kappa shape index (κ3) is 0.722. The molecule has 58 valence electrons. The smallest absolute Gasteiger partial charge is 0.0475 e. The van der Waals surface area contributed by atoms with Crippen LogP contribution in [0.3, 0.4) is 0 Å². The third-order valence-electron chi connectivity index (χ3n) is 3.21. The highest BCUT2D eigenvalue weighted by atomic mass is 15.4. The summed E-state index contributed by atoms with van der Waals surface area (Å²) in [6.07, 6.45) is 1.38. The predicted octanol–water partition coefficient (Wildman–Crippen LogP) is 0.395. The van der Waals surface area contributed by atoms with Gasteiger partial charge in [0.1, 0.15) is 0 Å². The molecular formula is C8H16N2. The van der Waals surface area contributed by atoms with Gasteiger partial charge in [-0.05, 0) is 27.4 Å². The zero-order valence-corrected chi connectivity index (χ0v) is 7.09. The van der Waals surface area contributed by atoms with Crippen LogP contribution in [0.15, 0.2) is 0 Å². The Kier molecular flexibility index (Phi) is 1.15. The van der Waals surface area contributed by atoms with Crippen molar-refractivity contribution in [3.63, 3.8) is 0 Å². The molecule has 0 saturated carbocycles. The van der Waals surface area contributed by atoms with Crippen LogP contribution in [0, 0.1) is 0 Å². The quantitative estimate of drug-likeness (QED) is 0.449. The average molecular weight is 140 g/mol. The van der Waals surface area contributed by atoms with Gasteiger partial charge in [0.25, 0.3) is 0 Å². The fraction of sp³-hybridized carbons (Fsp3) is 1.00. The molecule has 2 nitrogen and oxygen atoms in total. The monoisotopic (exact) mass is 140 g/mol. The van der Waals surface area contributed by atoms with Crippen LogP contribution >= 0.6 is 0 Å². The van der Waals surface area contributed by atoms with Crippen molar-refractivity contribution in [3.8, 4) is 0 Å². The Morgan fingerprint density at radius 2 is 1.90 bits per heavy atom. The van der Waals surface area contributed by atoms with E-state index < -0.39 is 0 Å². The van der Waals surface area contributed by atoms with Crippen LogP contribution in [0.2, 0.25) is 0 Å². The van der Waals surface area contributed by atoms with E-state index in [-0.39, 0.29) is 0 Å². The van der Waals surface area contributed by atoms with Gasteiger partial charge >= 0.3 is 0 Å². The van der Waals surface area contributed by atoms with E-state index in [2.05, 4.69) is 30.8 Å². The Morgan fingerprint density at radius 1 is 1.30 bits per heavy atom. The van der Waals surface area contributed by atoms with Crippen LogP contribution in [-0.4, -0.2) is 48.6 Å². The lowest BCUT2D eigenvalue weighted by atomic mass is 10.1. The largest absolute Gasteiger partial charge is 0.302 e. The normalized spacial score (nSPS) is 54.3. The summed E-state index contributed by atoms with van der Waals surface area (Å²) < 4.78 is 0. The van der Waals surface area contributed by atoms with Crippen molar-refractivity contribution in [2.45, 2.75) is 24.9 Å². The van der Waals surface area contributed by atoms with Gasteiger partial charge in [0.05, 0.1) is 0 Å². The maximum Gasteiger partial charge on any atom is 0.0475 e. The van der Waals surface area contributed by atoms with Gasteiger partial charge in [0.15, 0.2) is 0 Å². The molecule has 3 unspecified atom stereocenters. The van der Waals surface area contributed by atoms with Crippen molar-refractivity contribution in [1.29, 1.82) is 0 Å². The fourth-order valence-electron chi connectivity index (χ4n) is 2.19. The van der Waals surface area contributed by atoms with Crippen molar-refractivity contribution < 1.29 is 0 Å². The van der Waals surface area contributed by atoms with E-state index in [0.29, 0.717) is 5.54 Å². The van der Waals surface area contributed by atoms with Gasteiger partial charge in [-0.2, -0.15) is 0 Å². The van der Waals surface area contributed by atoms with Gasteiger partial charge < -0.3 is 4.90 Å². The molecule has 2 heterocycles. The van der Waals surface area contributed by atoms with Gasteiger partial charge in [-0.15, -0.1) is 0 Å². The molecule has 0 aromatic rings. The van der Waals surface area contributed by atoms with Crippen LogP contribution in [0.25, 0.3) is 0 Å². The molecule has 1 spiro atoms. The lowest BCUT2D eigenvalue weighted by Crippen LogP contribution is -2.24. The molecule has 0 aliphatic carbocycles. The minimum atomic E-state index is 0.605. The Balaban J connectivity index is 2.06. The zero-order valence-electron chi connectivity index (χ0n) is 7.09. The first-order valence-electron chi connectivity index (χ1n) is 4.05. The zero-order chi connectivity index (χ0) is 7.35. The maximum absolute atomic E-state index is 2.47. The molecule has 2 aliphatic rings. The van der Waals surface area contributed by atoms with Crippen molar-refractivity contribution in [3.05, 3.63) is 0 Å². The highest BCUT2D eigenvalue weighted by molar-refractivity contribution is 5.12. The minimum Gasteiger partial charge on any atom is -0.302 e. The highest BCUT2D eigenvalue weighted by Gasteiger charge is 2.54. The lowest BCUT2D eigenvalue weighted by Gasteiger charge is -2.12. The predicted molar refractivity (Wildman–Crippen MR) is 42.1 cm³/mol. The van der Waals surface area contributed by atoms with Crippen LogP contribution in [-0.2, 0) is 0 Å². The molecule has 0 N–H and O–H groups in total. The standard InChI is InChI=1S/C8H16N2/c1-7-4-8(5-9(7)2)6-10(8)3/h7H,4-6H2,1-3H3. The second-order valence-electron chi connectivity index (χ2n) is 4.05. The molecular weight excluding hydrogens is 124 g/mol. The highest BCUT2D eigenvalue weighted by Crippen LogP contribution is 2.41. The summed E-state index contributed by atoms with van der Waals surface area (Å²) >= 11 is 0. The van der Waals surface area contributed by atoms with Crippen LogP contribution in [0.1, 0.15) is 13.3 Å². The summed E-state index contributed by atoms with van der Waals surface area (Å²) in [5.41, 5.74) is 0.605. The second kappa shape index (κ2) is 1.74. The molecule has 0 aromatic heterocycles. The Hall–Kier alpha value is -0.0800. The molecule has 0 radical (unpaired) electrons. The maximum atomic E-state index is 2.47. The Labute approximate surface area is 62.8 Å². The molecule has 2 aliphatic heterocycles. The first-order valence-corrected chi connectivity index (χ1v) is 4.05. The molecule has 3 atom stereocenters. The van der Waals surface area contributed by atoms with Crippen LogP contribution in [0.5, 0.6) is 0 Å². The summed E-state index contributed by atoms with van der Waals surface area (Å²) in [4.78, 5) is 4.93. The SMILES string of the molecule is CC1CC2(CN1C)CN2C. The second-order valence-corrected chi connectivity index (χ2v) is 4.05. The van der Waals surface area contributed by atoms with Crippen molar-refractivity contribution >= 4 is 0 Å². The van der Waals surface area contributed by atoms with Gasteiger partial charge in [-0.3, -0.25) is 4.90 Å². The Bertz CT molecular complexity index is 145. The summed E-state index contributed by atoms with van der Waals surface area (Å²) in [7, 11) is 4.46. The first kappa shape index (κ1) is 6.62. The topological polar surface area (TPSA) is 6.25 Å². The van der Waals surface area contributed by atoms with E-state index in [1.165, 1.54) is 19.5 Å². The van der Waals surface area contributed by atoms with E-state index in [1.54, 1.807) is 0 Å². The number of likely N-dealkylation sites (N-methyl/N-ethyl adjacent to an activating group) is 2. The number of nitrogens with zero attached hydrogens (tertiary/aromatic N) is 2. The van der Waals surface area contributed by atoms with Crippen molar-refractivity contribution in [2.24, 2.45) is 0 Å². The van der Waals surface area contributed by atoms with E-state index in [1.807, 2.05) is 0 Å². The summed E-state index contributed by atoms with van der Waals surface area (Å²) in [5.74, 6) is 0. The lowest BCUT2D eigenvalue weighted by molar-refractivity contribution is 0.324. The van der Waals surface area contributed by atoms with E-state index in [4.69, 9.17) is 0 Å². The van der Waals surface area contributed by atoms with Gasteiger partial charge in [-0.25, -0.2) is 0 Å². The molecule has 10 heavy (non-hydrogen) atoms. The first-order chi connectivity index (χ1) is 4.64. The third-order valence-corrected chi connectivity index (χ3v) is 3.21. The van der Waals surface area contributed by atoms with Gasteiger partial charge in [-0.1, -0.05) is 0 Å². The minimum absolute atomic E-state index is 0.605. The van der Waals surface area contributed by atoms with E-state index >= 15 is 0 Å². The molecule has 0 amide bonds. The van der Waals surface area contributed by atoms with Crippen LogP contribution < -0.4 is 0 Å². The van der Waals surface area contributed by atoms with E-state index in [0.717, 1.165) is 6.04 Å². The molecule has 0 aromatic carbocycles.